The van der Waals surface area contributed by atoms with E-state index >= 15 is 0 Å². The molecule has 2 aliphatic heterocycles. The number of fused-ring (bicyclic) bond motifs is 2. The number of carbonyl (C=O) groups is 1. The summed E-state index contributed by atoms with van der Waals surface area (Å²) in [5.41, 5.74) is -4.43. The number of hydrogen-bond donors (Lipinski definition) is 0. The molecule has 1 aliphatic carbocycles. The molecule has 3 atom stereocenters. The number of benzene rings is 2. The zero-order valence-electron chi connectivity index (χ0n) is 21.9. The van der Waals surface area contributed by atoms with E-state index in [0.717, 1.165) is 17.0 Å². The Kier molecular flexibility index (Phi) is 7.39. The number of hydrogen-bond acceptors (Lipinski definition) is 2. The van der Waals surface area contributed by atoms with Crippen molar-refractivity contribution < 1.29 is 49.0 Å². The Bertz CT molecular complexity index is 1470. The number of ether oxygens (including phenoxy) is 1. The Hall–Kier alpha value is -3.15. The van der Waals surface area contributed by atoms with Crippen LogP contribution in [0.5, 0.6) is 0 Å². The second-order valence-electron chi connectivity index (χ2n) is 10.9. The van der Waals surface area contributed by atoms with Crippen LogP contribution in [0.1, 0.15) is 48.4 Å². The molecule has 2 saturated heterocycles. The summed E-state index contributed by atoms with van der Waals surface area (Å²) in [7, 11) is 0. The normalized spacial score (nSPS) is 25.1. The van der Waals surface area contributed by atoms with Crippen molar-refractivity contribution in [1.29, 1.82) is 0 Å². The molecule has 0 N–H and O–H groups in total. The third-order valence-corrected chi connectivity index (χ3v) is 8.41. The molecule has 5 rings (SSSR count). The van der Waals surface area contributed by atoms with E-state index in [2.05, 4.69) is 0 Å². The van der Waals surface area contributed by atoms with Crippen molar-refractivity contribution in [2.45, 2.75) is 63.2 Å². The maximum atomic E-state index is 13.9. The number of piperidine rings is 1. The molecule has 0 radical (unpaired) electrons. The first kappa shape index (κ1) is 30.3. The van der Waals surface area contributed by atoms with Crippen LogP contribution in [0.4, 0.5) is 44.3 Å². The van der Waals surface area contributed by atoms with Gasteiger partial charge in [-0.25, -0.2) is 4.79 Å². The summed E-state index contributed by atoms with van der Waals surface area (Å²) in [6.45, 7) is 0.965. The van der Waals surface area contributed by atoms with Crippen molar-refractivity contribution in [3.63, 3.8) is 0 Å². The lowest BCUT2D eigenvalue weighted by Gasteiger charge is -2.54. The molecule has 42 heavy (non-hydrogen) atoms. The maximum Gasteiger partial charge on any atom is 0.416 e. The number of cyclic esters (lactones) is 1. The second-order valence-corrected chi connectivity index (χ2v) is 11.3. The largest absolute Gasteiger partial charge is 0.448 e. The first-order valence-corrected chi connectivity index (χ1v) is 13.3. The number of allylic oxidation sites excluding steroid dienone is 3. The van der Waals surface area contributed by atoms with Gasteiger partial charge in [-0.3, -0.25) is 4.90 Å². The summed E-state index contributed by atoms with van der Waals surface area (Å²) in [5.74, 6) is 0. The Morgan fingerprint density at radius 2 is 1.62 bits per heavy atom. The minimum atomic E-state index is -5.12. The number of aryl methyl sites for hydroxylation is 1. The highest BCUT2D eigenvalue weighted by Crippen LogP contribution is 2.54. The fourth-order valence-corrected chi connectivity index (χ4v) is 6.46. The van der Waals surface area contributed by atoms with Gasteiger partial charge in [0.15, 0.2) is 0 Å². The Balaban J connectivity index is 1.68. The fourth-order valence-electron chi connectivity index (χ4n) is 6.28. The van der Waals surface area contributed by atoms with Gasteiger partial charge in [-0.15, -0.1) is 0 Å². The number of carbonyl (C=O) groups excluding carboxylic acids is 1. The molecule has 2 heterocycles. The van der Waals surface area contributed by atoms with Crippen LogP contribution in [0, 0.1) is 12.3 Å². The predicted octanol–water partition coefficient (Wildman–Crippen LogP) is 9.75. The zero-order chi connectivity index (χ0) is 30.8. The van der Waals surface area contributed by atoms with Crippen LogP contribution in [-0.2, 0) is 10.9 Å². The minimum Gasteiger partial charge on any atom is -0.448 e. The molecule has 2 aromatic carbocycles. The van der Waals surface area contributed by atoms with Crippen LogP contribution in [0.2, 0.25) is 5.02 Å². The van der Waals surface area contributed by atoms with E-state index < -0.39 is 71.9 Å². The maximum absolute atomic E-state index is 13.9. The van der Waals surface area contributed by atoms with Gasteiger partial charge in [0, 0.05) is 22.1 Å². The van der Waals surface area contributed by atoms with Crippen molar-refractivity contribution in [1.82, 2.24) is 4.90 Å². The lowest BCUT2D eigenvalue weighted by atomic mass is 9.66. The van der Waals surface area contributed by atoms with E-state index in [4.69, 9.17) is 16.3 Å². The fraction of sp³-hybridized carbons (Fsp3) is 0.414. The average molecular weight is 624 g/mol. The van der Waals surface area contributed by atoms with E-state index in [0.29, 0.717) is 22.8 Å². The molecule has 226 valence electrons. The van der Waals surface area contributed by atoms with Crippen molar-refractivity contribution in [3.8, 4) is 11.1 Å². The highest BCUT2D eigenvalue weighted by atomic mass is 35.5. The molecule has 0 saturated carbocycles. The van der Waals surface area contributed by atoms with Crippen LogP contribution in [0.3, 0.4) is 0 Å². The van der Waals surface area contributed by atoms with E-state index in [1.165, 1.54) is 6.07 Å². The molecule has 3 aliphatic rings. The topological polar surface area (TPSA) is 29.5 Å². The Morgan fingerprint density at radius 3 is 2.26 bits per heavy atom. The summed E-state index contributed by atoms with van der Waals surface area (Å²) in [6, 6.07) is 5.43. The van der Waals surface area contributed by atoms with Gasteiger partial charge in [-0.1, -0.05) is 29.8 Å². The predicted molar refractivity (Wildman–Crippen MR) is 136 cm³/mol. The quantitative estimate of drug-likeness (QED) is 0.312. The molecule has 1 spiro atoms. The van der Waals surface area contributed by atoms with E-state index in [1.807, 2.05) is 0 Å². The first-order valence-electron chi connectivity index (χ1n) is 12.9. The molecule has 2 fully saturated rings. The third-order valence-electron chi connectivity index (χ3n) is 8.18. The van der Waals surface area contributed by atoms with Gasteiger partial charge >= 0.3 is 24.6 Å². The molecule has 13 heteroatoms. The minimum absolute atomic E-state index is 0.0306. The van der Waals surface area contributed by atoms with Gasteiger partial charge in [-0.05, 0) is 85.2 Å². The van der Waals surface area contributed by atoms with Gasteiger partial charge in [-0.2, -0.15) is 39.5 Å². The average Bonchev–Trinajstić information content (AvgIpc) is 2.90. The van der Waals surface area contributed by atoms with Gasteiger partial charge in [0.25, 0.3) is 0 Å². The SMILES string of the molecule is Cc1ccc(Cl)cc1-c1ccc(C(F)(F)F)cc1[C@@H]1CCC[C@@H]2N1C(=O)OCC21C=C(C(F)(F)F)C=C(C(F)(F)F)C1. The number of nitrogens with zero attached hydrogens (tertiary/aromatic N) is 1. The lowest BCUT2D eigenvalue weighted by molar-refractivity contribution is -0.137. The van der Waals surface area contributed by atoms with Crippen molar-refractivity contribution >= 4 is 17.7 Å². The number of halogens is 10. The molecular weight excluding hydrogens is 601 g/mol. The summed E-state index contributed by atoms with van der Waals surface area (Å²) in [6.07, 6.45) is -15.8. The summed E-state index contributed by atoms with van der Waals surface area (Å²) < 4.78 is 130. The van der Waals surface area contributed by atoms with Crippen molar-refractivity contribution in [3.05, 3.63) is 81.4 Å². The standard InChI is InChI=1S/C29H23ClF9NO2/c1-15-5-7-19(30)11-21(15)20-8-6-16(27(31,32)33)10-22(20)23-3-2-4-24-26(14-42-25(41)40(23)24)12-17(28(34,35)36)9-18(13-26)29(37,38)39/h5-12,23-24H,2-4,13-14H2,1H3/t23-,24-,26?/m0/s1. The van der Waals surface area contributed by atoms with Crippen LogP contribution < -0.4 is 0 Å². The highest BCUT2D eigenvalue weighted by Gasteiger charge is 2.56. The van der Waals surface area contributed by atoms with Crippen LogP contribution in [0.15, 0.2) is 59.7 Å². The summed E-state index contributed by atoms with van der Waals surface area (Å²) >= 11 is 6.18. The molecular formula is C29H23ClF9NO2. The van der Waals surface area contributed by atoms with Crippen LogP contribution in [0.25, 0.3) is 11.1 Å². The highest BCUT2D eigenvalue weighted by molar-refractivity contribution is 6.30. The lowest BCUT2D eigenvalue weighted by Crippen LogP contribution is -2.60. The monoisotopic (exact) mass is 623 g/mol. The van der Waals surface area contributed by atoms with Crippen LogP contribution in [-0.4, -0.2) is 36.0 Å². The van der Waals surface area contributed by atoms with E-state index in [1.54, 1.807) is 25.1 Å². The van der Waals surface area contributed by atoms with Crippen molar-refractivity contribution in [2.75, 3.05) is 6.61 Å². The van der Waals surface area contributed by atoms with Crippen molar-refractivity contribution in [2.24, 2.45) is 5.41 Å². The molecule has 1 unspecified atom stereocenters. The first-order chi connectivity index (χ1) is 19.4. The van der Waals surface area contributed by atoms with Gasteiger partial charge < -0.3 is 4.74 Å². The van der Waals surface area contributed by atoms with E-state index in [9.17, 15) is 44.3 Å². The van der Waals surface area contributed by atoms with Gasteiger partial charge in [0.2, 0.25) is 0 Å². The smallest absolute Gasteiger partial charge is 0.416 e. The molecule has 1 amide bonds. The van der Waals surface area contributed by atoms with Gasteiger partial charge in [0.1, 0.15) is 6.61 Å². The number of rotatable bonds is 2. The Labute approximate surface area is 239 Å². The number of amides is 1. The molecule has 0 aromatic heterocycles. The zero-order valence-corrected chi connectivity index (χ0v) is 22.6. The molecule has 2 aromatic rings. The summed E-state index contributed by atoms with van der Waals surface area (Å²) in [5, 5.41) is 0.290. The van der Waals surface area contributed by atoms with Gasteiger partial charge in [0.05, 0.1) is 17.2 Å². The second kappa shape index (κ2) is 10.2. The third kappa shape index (κ3) is 5.49. The summed E-state index contributed by atoms with van der Waals surface area (Å²) in [4.78, 5) is 14.3. The molecule has 0 bridgehead atoms. The number of alkyl halides is 9. The molecule has 3 nitrogen and oxygen atoms in total. The van der Waals surface area contributed by atoms with E-state index in [-0.39, 0.29) is 35.9 Å². The Morgan fingerprint density at radius 1 is 0.905 bits per heavy atom. The van der Waals surface area contributed by atoms with Crippen LogP contribution >= 0.6 is 11.6 Å².